The van der Waals surface area contributed by atoms with E-state index in [1.165, 1.54) is 13.2 Å². The lowest BCUT2D eigenvalue weighted by molar-refractivity contribution is 0.398. The van der Waals surface area contributed by atoms with Crippen LogP contribution in [0.2, 0.25) is 0 Å². The average molecular weight is 255 g/mol. The van der Waals surface area contributed by atoms with Crippen LogP contribution in [-0.2, 0) is 0 Å². The number of benzene rings is 1. The molecule has 1 heterocycles. The van der Waals surface area contributed by atoms with Gasteiger partial charge in [-0.2, -0.15) is 4.98 Å². The van der Waals surface area contributed by atoms with E-state index in [4.69, 9.17) is 10.5 Å². The fraction of sp³-hybridized carbons (Fsp3) is 0.0909. The largest absolute Gasteiger partial charge is 0.481 e. The van der Waals surface area contributed by atoms with Crippen molar-refractivity contribution in [1.29, 1.82) is 0 Å². The van der Waals surface area contributed by atoms with Crippen LogP contribution in [0.4, 0.5) is 19.1 Å². The van der Waals surface area contributed by atoms with Crippen LogP contribution in [0.15, 0.2) is 18.2 Å². The topological polar surface area (TPSA) is 61.0 Å². The maximum Gasteiger partial charge on any atom is 0.223 e. The van der Waals surface area contributed by atoms with Crippen molar-refractivity contribution in [2.75, 3.05) is 12.8 Å². The number of ether oxygens (including phenoxy) is 1. The maximum absolute atomic E-state index is 13.1. The van der Waals surface area contributed by atoms with Gasteiger partial charge in [0.1, 0.15) is 0 Å². The Labute approximate surface area is 100 Å². The summed E-state index contributed by atoms with van der Waals surface area (Å²) in [6.45, 7) is 0. The zero-order valence-electron chi connectivity index (χ0n) is 9.25. The molecule has 2 rings (SSSR count). The molecule has 0 bridgehead atoms. The molecule has 0 aliphatic heterocycles. The van der Waals surface area contributed by atoms with Crippen molar-refractivity contribution in [1.82, 2.24) is 9.97 Å². The van der Waals surface area contributed by atoms with Gasteiger partial charge in [-0.15, -0.1) is 0 Å². The second-order valence-electron chi connectivity index (χ2n) is 3.41. The summed E-state index contributed by atoms with van der Waals surface area (Å²) in [5.74, 6) is -4.12. The SMILES string of the molecule is COc1cc(-c2cc(F)c(F)c(F)c2)nc(N)n1. The number of methoxy groups -OCH3 is 1. The zero-order chi connectivity index (χ0) is 13.3. The van der Waals surface area contributed by atoms with E-state index in [-0.39, 0.29) is 23.1 Å². The van der Waals surface area contributed by atoms with Gasteiger partial charge in [-0.3, -0.25) is 0 Å². The van der Waals surface area contributed by atoms with Crippen molar-refractivity contribution < 1.29 is 17.9 Å². The Hall–Kier alpha value is -2.31. The number of rotatable bonds is 2. The molecule has 2 aromatic rings. The maximum atomic E-state index is 13.1. The number of nitrogen functional groups attached to an aromatic ring is 1. The lowest BCUT2D eigenvalue weighted by atomic mass is 10.1. The Balaban J connectivity index is 2.58. The number of hydrogen-bond acceptors (Lipinski definition) is 4. The van der Waals surface area contributed by atoms with Crippen LogP contribution in [0.3, 0.4) is 0 Å². The third kappa shape index (κ3) is 2.20. The average Bonchev–Trinajstić information content (AvgIpc) is 2.34. The predicted octanol–water partition coefficient (Wildman–Crippen LogP) is 2.15. The highest BCUT2D eigenvalue weighted by atomic mass is 19.2. The van der Waals surface area contributed by atoms with Crippen molar-refractivity contribution in [2.45, 2.75) is 0 Å². The summed E-state index contributed by atoms with van der Waals surface area (Å²) in [4.78, 5) is 7.52. The molecular weight excluding hydrogens is 247 g/mol. The summed E-state index contributed by atoms with van der Waals surface area (Å²) in [6.07, 6.45) is 0. The highest BCUT2D eigenvalue weighted by Gasteiger charge is 2.13. The van der Waals surface area contributed by atoms with Crippen molar-refractivity contribution >= 4 is 5.95 Å². The summed E-state index contributed by atoms with van der Waals surface area (Å²) in [6, 6.07) is 2.97. The molecule has 94 valence electrons. The van der Waals surface area contributed by atoms with Gasteiger partial charge in [0, 0.05) is 11.6 Å². The summed E-state index contributed by atoms with van der Waals surface area (Å²) >= 11 is 0. The lowest BCUT2D eigenvalue weighted by Crippen LogP contribution is -2.00. The van der Waals surface area contributed by atoms with E-state index in [9.17, 15) is 13.2 Å². The molecule has 0 radical (unpaired) electrons. The third-order valence-corrected chi connectivity index (χ3v) is 2.21. The monoisotopic (exact) mass is 255 g/mol. The summed E-state index contributed by atoms with van der Waals surface area (Å²) < 4.78 is 43.8. The van der Waals surface area contributed by atoms with Crippen molar-refractivity contribution in [3.63, 3.8) is 0 Å². The second kappa shape index (κ2) is 4.52. The first-order valence-electron chi connectivity index (χ1n) is 4.84. The molecule has 7 heteroatoms. The number of nitrogens with two attached hydrogens (primary N) is 1. The van der Waals surface area contributed by atoms with Crippen LogP contribution in [0.1, 0.15) is 0 Å². The molecule has 0 amide bonds. The Kier molecular flexibility index (Phi) is 3.05. The fourth-order valence-corrected chi connectivity index (χ4v) is 1.40. The van der Waals surface area contributed by atoms with E-state index < -0.39 is 17.5 Å². The van der Waals surface area contributed by atoms with Gasteiger partial charge in [-0.05, 0) is 12.1 Å². The predicted molar refractivity (Wildman–Crippen MR) is 58.3 cm³/mol. The first-order chi connectivity index (χ1) is 8.51. The Bertz CT molecular complexity index is 581. The van der Waals surface area contributed by atoms with Crippen molar-refractivity contribution in [3.05, 3.63) is 35.7 Å². The van der Waals surface area contributed by atoms with E-state index in [1.807, 2.05) is 0 Å². The Morgan fingerprint density at radius 2 is 1.67 bits per heavy atom. The molecule has 1 aromatic carbocycles. The number of hydrogen-bond donors (Lipinski definition) is 1. The van der Waals surface area contributed by atoms with E-state index >= 15 is 0 Å². The highest BCUT2D eigenvalue weighted by Crippen LogP contribution is 2.24. The minimum atomic E-state index is -1.53. The standard InChI is InChI=1S/C11H8F3N3O/c1-18-9-4-8(16-11(15)17-9)5-2-6(12)10(14)7(13)3-5/h2-4H,1H3,(H2,15,16,17). The first-order valence-corrected chi connectivity index (χ1v) is 4.84. The molecule has 0 saturated carbocycles. The fourth-order valence-electron chi connectivity index (χ4n) is 1.40. The lowest BCUT2D eigenvalue weighted by Gasteiger charge is -2.06. The van der Waals surface area contributed by atoms with Gasteiger partial charge in [0.2, 0.25) is 11.8 Å². The van der Waals surface area contributed by atoms with Crippen molar-refractivity contribution in [3.8, 4) is 17.1 Å². The van der Waals surface area contributed by atoms with Gasteiger partial charge < -0.3 is 10.5 Å². The van der Waals surface area contributed by atoms with Crippen LogP contribution in [0.5, 0.6) is 5.88 Å². The number of nitrogens with zero attached hydrogens (tertiary/aromatic N) is 2. The van der Waals surface area contributed by atoms with Gasteiger partial charge in [0.25, 0.3) is 0 Å². The molecule has 18 heavy (non-hydrogen) atoms. The van der Waals surface area contributed by atoms with Gasteiger partial charge in [-0.1, -0.05) is 0 Å². The van der Waals surface area contributed by atoms with Crippen LogP contribution < -0.4 is 10.5 Å². The first kappa shape index (κ1) is 12.2. The molecule has 4 nitrogen and oxygen atoms in total. The smallest absolute Gasteiger partial charge is 0.223 e. The second-order valence-corrected chi connectivity index (χ2v) is 3.41. The van der Waals surface area contributed by atoms with Gasteiger partial charge >= 0.3 is 0 Å². The molecule has 0 fully saturated rings. The number of anilines is 1. The number of aromatic nitrogens is 2. The van der Waals surface area contributed by atoms with Crippen LogP contribution in [0, 0.1) is 17.5 Å². The quantitative estimate of drug-likeness (QED) is 0.835. The molecule has 1 aromatic heterocycles. The van der Waals surface area contributed by atoms with E-state index in [1.54, 1.807) is 0 Å². The summed E-state index contributed by atoms with van der Waals surface area (Å²) in [7, 11) is 1.36. The number of halogens is 3. The Morgan fingerprint density at radius 1 is 1.06 bits per heavy atom. The molecule has 0 saturated heterocycles. The molecule has 0 aliphatic rings. The van der Waals surface area contributed by atoms with E-state index in [0.717, 1.165) is 12.1 Å². The zero-order valence-corrected chi connectivity index (χ0v) is 9.25. The summed E-state index contributed by atoms with van der Waals surface area (Å²) in [5.41, 5.74) is 5.59. The Morgan fingerprint density at radius 3 is 2.22 bits per heavy atom. The molecule has 0 aliphatic carbocycles. The molecule has 0 atom stereocenters. The third-order valence-electron chi connectivity index (χ3n) is 2.21. The molecule has 2 N–H and O–H groups in total. The van der Waals surface area contributed by atoms with Crippen LogP contribution in [-0.4, -0.2) is 17.1 Å². The molecule has 0 unspecified atom stereocenters. The normalized spacial score (nSPS) is 10.4. The van der Waals surface area contributed by atoms with Crippen LogP contribution in [0.25, 0.3) is 11.3 Å². The van der Waals surface area contributed by atoms with Crippen molar-refractivity contribution in [2.24, 2.45) is 0 Å². The van der Waals surface area contributed by atoms with Gasteiger partial charge in [-0.25, -0.2) is 18.2 Å². The summed E-state index contributed by atoms with van der Waals surface area (Å²) in [5, 5.41) is 0. The van der Waals surface area contributed by atoms with E-state index in [0.29, 0.717) is 0 Å². The van der Waals surface area contributed by atoms with Gasteiger partial charge in [0.15, 0.2) is 17.5 Å². The van der Waals surface area contributed by atoms with E-state index in [2.05, 4.69) is 9.97 Å². The highest BCUT2D eigenvalue weighted by molar-refractivity contribution is 5.61. The minimum Gasteiger partial charge on any atom is -0.481 e. The van der Waals surface area contributed by atoms with Crippen LogP contribution >= 0.6 is 0 Å². The molecular formula is C11H8F3N3O. The van der Waals surface area contributed by atoms with Gasteiger partial charge in [0.05, 0.1) is 12.8 Å². The molecule has 0 spiro atoms. The minimum absolute atomic E-state index is 0.0406.